The van der Waals surface area contributed by atoms with Crippen LogP contribution >= 0.6 is 0 Å². The number of carbonyl (C=O) groups excluding carboxylic acids is 1. The fraction of sp³-hybridized carbons (Fsp3) is 0.524. The molecule has 1 aromatic carbocycles. The highest BCUT2D eigenvalue weighted by atomic mass is 16.3. The molecule has 0 unspecified atom stereocenters. The number of aliphatic hydroxyl groups is 1. The van der Waals surface area contributed by atoms with Crippen molar-refractivity contribution in [2.45, 2.75) is 32.6 Å². The van der Waals surface area contributed by atoms with Gasteiger partial charge in [0.15, 0.2) is 0 Å². The van der Waals surface area contributed by atoms with Crippen molar-refractivity contribution < 1.29 is 9.90 Å². The van der Waals surface area contributed by atoms with Crippen LogP contribution in [0.15, 0.2) is 24.5 Å². The van der Waals surface area contributed by atoms with Crippen LogP contribution in [0.25, 0.3) is 11.0 Å². The Morgan fingerprint density at radius 2 is 2.04 bits per heavy atom. The van der Waals surface area contributed by atoms with Gasteiger partial charge in [-0.15, -0.1) is 0 Å². The Bertz CT molecular complexity index is 916. The third kappa shape index (κ3) is 3.28. The highest BCUT2D eigenvalue weighted by molar-refractivity contribution is 5.92. The minimum Gasteiger partial charge on any atom is -0.395 e. The van der Waals surface area contributed by atoms with Crippen molar-refractivity contribution in [3.05, 3.63) is 30.1 Å². The number of nitriles is 1. The Hall–Kier alpha value is -2.52. The summed E-state index contributed by atoms with van der Waals surface area (Å²) in [5.41, 5.74) is 2.42. The lowest BCUT2D eigenvalue weighted by Gasteiger charge is -2.38. The molecule has 1 aromatic heterocycles. The third-order valence-corrected chi connectivity index (χ3v) is 6.03. The molecule has 1 saturated carbocycles. The summed E-state index contributed by atoms with van der Waals surface area (Å²) in [6.45, 7) is 3.87. The molecule has 2 heterocycles. The monoisotopic (exact) mass is 364 g/mol. The van der Waals surface area contributed by atoms with Crippen molar-refractivity contribution >= 4 is 22.5 Å². The minimum absolute atomic E-state index is 0.0202. The summed E-state index contributed by atoms with van der Waals surface area (Å²) in [6, 6.07) is 5.93. The van der Waals surface area contributed by atoms with Crippen LogP contribution in [0.2, 0.25) is 0 Å². The first kappa shape index (κ1) is 17.9. The number of fused-ring (bicyclic) bond motifs is 1. The summed E-state index contributed by atoms with van der Waals surface area (Å²) in [5, 5.41) is 18.9. The number of rotatable bonds is 5. The molecule has 6 nitrogen and oxygen atoms in total. The first-order chi connectivity index (χ1) is 13.1. The van der Waals surface area contributed by atoms with Crippen molar-refractivity contribution in [3.8, 4) is 6.07 Å². The van der Waals surface area contributed by atoms with Gasteiger partial charge in [-0.3, -0.25) is 14.8 Å². The first-order valence-electron chi connectivity index (χ1n) is 9.59. The summed E-state index contributed by atoms with van der Waals surface area (Å²) in [6.07, 6.45) is 6.45. The van der Waals surface area contributed by atoms with Gasteiger partial charge in [0.2, 0.25) is 0 Å². The predicted octanol–water partition coefficient (Wildman–Crippen LogP) is 2.70. The number of piperidine rings is 1. The maximum absolute atomic E-state index is 12.6. The van der Waals surface area contributed by atoms with Crippen molar-refractivity contribution in [2.75, 3.05) is 24.6 Å². The van der Waals surface area contributed by atoms with E-state index in [1.807, 2.05) is 6.07 Å². The topological polar surface area (TPSA) is 90.1 Å². The number of nitrogens with zero attached hydrogens (tertiary/aromatic N) is 4. The lowest BCUT2D eigenvalue weighted by Crippen LogP contribution is -2.41. The molecule has 0 amide bonds. The van der Waals surface area contributed by atoms with Gasteiger partial charge in [-0.2, -0.15) is 5.26 Å². The zero-order valence-electron chi connectivity index (χ0n) is 15.6. The molecular weight excluding hydrogens is 340 g/mol. The second-order valence-electron chi connectivity index (χ2n) is 8.18. The van der Waals surface area contributed by atoms with Crippen molar-refractivity contribution in [1.29, 1.82) is 5.26 Å². The average Bonchev–Trinajstić information content (AvgIpc) is 3.48. The lowest BCUT2D eigenvalue weighted by atomic mass is 9.83. The Labute approximate surface area is 158 Å². The standard InChI is InChI=1S/C21H24N4O2/c1-14-8-15(9-18(27)21(13-26)4-5-21)12-25(11-14)17-3-2-16(10-22)19-20(17)24-7-6-23-19/h2-3,6-7,14-15,26H,4-5,8-9,11-13H2,1H3/t14-,15-/m0/s1. The second kappa shape index (κ2) is 6.90. The highest BCUT2D eigenvalue weighted by Crippen LogP contribution is 2.47. The fourth-order valence-electron chi connectivity index (χ4n) is 4.37. The van der Waals surface area contributed by atoms with E-state index in [0.29, 0.717) is 23.4 Å². The van der Waals surface area contributed by atoms with E-state index in [9.17, 15) is 15.2 Å². The molecule has 2 aromatic rings. The number of anilines is 1. The van der Waals surface area contributed by atoms with E-state index in [-0.39, 0.29) is 18.3 Å². The predicted molar refractivity (Wildman–Crippen MR) is 102 cm³/mol. The lowest BCUT2D eigenvalue weighted by molar-refractivity contribution is -0.126. The molecular formula is C21H24N4O2. The Kier molecular flexibility index (Phi) is 4.56. The third-order valence-electron chi connectivity index (χ3n) is 6.03. The Balaban J connectivity index is 1.60. The molecule has 1 aliphatic heterocycles. The number of aliphatic hydroxyl groups excluding tert-OH is 1. The number of ketones is 1. The molecule has 27 heavy (non-hydrogen) atoms. The second-order valence-corrected chi connectivity index (χ2v) is 8.18. The number of benzene rings is 1. The largest absolute Gasteiger partial charge is 0.395 e. The van der Waals surface area contributed by atoms with E-state index >= 15 is 0 Å². The number of carbonyl (C=O) groups is 1. The molecule has 0 radical (unpaired) electrons. The SMILES string of the molecule is C[C@H]1C[C@@H](CC(=O)C2(CO)CC2)CN(c2ccc(C#N)c3nccnc23)C1. The molecule has 0 spiro atoms. The molecule has 2 atom stereocenters. The van der Waals surface area contributed by atoms with Gasteiger partial charge in [-0.05, 0) is 43.2 Å². The van der Waals surface area contributed by atoms with Gasteiger partial charge in [-0.1, -0.05) is 6.92 Å². The molecule has 4 rings (SSSR count). The number of hydrogen-bond acceptors (Lipinski definition) is 6. The van der Waals surface area contributed by atoms with Gasteiger partial charge in [0.1, 0.15) is 22.9 Å². The molecule has 1 N–H and O–H groups in total. The Morgan fingerprint density at radius 1 is 1.30 bits per heavy atom. The highest BCUT2D eigenvalue weighted by Gasteiger charge is 2.49. The van der Waals surface area contributed by atoms with E-state index in [1.54, 1.807) is 18.5 Å². The summed E-state index contributed by atoms with van der Waals surface area (Å²) >= 11 is 0. The molecule has 0 bridgehead atoms. The van der Waals surface area contributed by atoms with Crippen LogP contribution in [0, 0.1) is 28.6 Å². The van der Waals surface area contributed by atoms with Crippen LogP contribution in [0.4, 0.5) is 5.69 Å². The van der Waals surface area contributed by atoms with Crippen LogP contribution < -0.4 is 4.90 Å². The summed E-state index contributed by atoms with van der Waals surface area (Å²) in [4.78, 5) is 23.8. The molecule has 2 aliphatic rings. The van der Waals surface area contributed by atoms with E-state index < -0.39 is 5.41 Å². The van der Waals surface area contributed by atoms with Gasteiger partial charge in [0.25, 0.3) is 0 Å². The van der Waals surface area contributed by atoms with Gasteiger partial charge >= 0.3 is 0 Å². The number of aromatic nitrogens is 2. The van der Waals surface area contributed by atoms with E-state index in [1.165, 1.54) is 0 Å². The molecule has 1 saturated heterocycles. The average molecular weight is 364 g/mol. The van der Waals surface area contributed by atoms with Crippen molar-refractivity contribution in [3.63, 3.8) is 0 Å². The normalized spacial score (nSPS) is 23.8. The van der Waals surface area contributed by atoms with E-state index in [2.05, 4.69) is 27.9 Å². The van der Waals surface area contributed by atoms with E-state index in [0.717, 1.165) is 43.6 Å². The minimum atomic E-state index is -0.446. The molecule has 6 heteroatoms. The molecule has 140 valence electrons. The van der Waals surface area contributed by atoms with Crippen LogP contribution in [0.5, 0.6) is 0 Å². The summed E-state index contributed by atoms with van der Waals surface area (Å²) < 4.78 is 0. The zero-order valence-corrected chi connectivity index (χ0v) is 15.6. The molecule has 2 fully saturated rings. The van der Waals surface area contributed by atoms with Crippen LogP contribution in [-0.2, 0) is 4.79 Å². The van der Waals surface area contributed by atoms with Crippen LogP contribution in [0.1, 0.15) is 38.2 Å². The Morgan fingerprint density at radius 3 is 2.70 bits per heavy atom. The quantitative estimate of drug-likeness (QED) is 0.877. The summed E-state index contributed by atoms with van der Waals surface area (Å²) in [7, 11) is 0. The first-order valence-corrected chi connectivity index (χ1v) is 9.59. The number of hydrogen-bond donors (Lipinski definition) is 1. The maximum atomic E-state index is 12.6. The van der Waals surface area contributed by atoms with Gasteiger partial charge in [0.05, 0.1) is 23.3 Å². The van der Waals surface area contributed by atoms with Gasteiger partial charge < -0.3 is 10.0 Å². The van der Waals surface area contributed by atoms with Crippen molar-refractivity contribution in [1.82, 2.24) is 9.97 Å². The maximum Gasteiger partial charge on any atom is 0.141 e. The smallest absolute Gasteiger partial charge is 0.141 e. The number of Topliss-reactive ketones (excluding diaryl/α,β-unsaturated/α-hetero) is 1. The van der Waals surface area contributed by atoms with E-state index in [4.69, 9.17) is 0 Å². The van der Waals surface area contributed by atoms with Crippen LogP contribution in [-0.4, -0.2) is 40.6 Å². The van der Waals surface area contributed by atoms with Crippen LogP contribution in [0.3, 0.4) is 0 Å². The van der Waals surface area contributed by atoms with Gasteiger partial charge in [-0.25, -0.2) is 0 Å². The fourth-order valence-corrected chi connectivity index (χ4v) is 4.37. The summed E-state index contributed by atoms with van der Waals surface area (Å²) in [5.74, 6) is 0.948. The molecule has 1 aliphatic carbocycles. The van der Waals surface area contributed by atoms with Gasteiger partial charge in [0, 0.05) is 31.9 Å². The zero-order chi connectivity index (χ0) is 19.0. The van der Waals surface area contributed by atoms with Crippen molar-refractivity contribution in [2.24, 2.45) is 17.3 Å².